The lowest BCUT2D eigenvalue weighted by atomic mass is 10.2. The summed E-state index contributed by atoms with van der Waals surface area (Å²) >= 11 is 0. The van der Waals surface area contributed by atoms with Crippen LogP contribution in [-0.2, 0) is 11.3 Å². The summed E-state index contributed by atoms with van der Waals surface area (Å²) in [5.41, 5.74) is 0.507. The fraction of sp³-hybridized carbons (Fsp3) is 0.571. The number of halogens is 2. The smallest absolute Gasteiger partial charge is 0.130 e. The lowest BCUT2D eigenvalue weighted by molar-refractivity contribution is 0.0374. The molecule has 19 heavy (non-hydrogen) atoms. The van der Waals surface area contributed by atoms with Crippen molar-refractivity contribution in [3.63, 3.8) is 0 Å². The van der Waals surface area contributed by atoms with E-state index in [2.05, 4.69) is 10.2 Å². The standard InChI is InChI=1S/C14H20F2N2O/c15-13-3-2-12(14(16)10-13)11-17-4-1-5-18-6-8-19-9-7-18/h2-3,10,17H,1,4-9,11H2. The predicted molar refractivity (Wildman–Crippen MR) is 69.9 cm³/mol. The van der Waals surface area contributed by atoms with Gasteiger partial charge in [-0.05, 0) is 25.6 Å². The van der Waals surface area contributed by atoms with Gasteiger partial charge in [0.2, 0.25) is 0 Å². The van der Waals surface area contributed by atoms with Crippen LogP contribution in [0.15, 0.2) is 18.2 Å². The van der Waals surface area contributed by atoms with Gasteiger partial charge in [0, 0.05) is 31.3 Å². The van der Waals surface area contributed by atoms with Crippen molar-refractivity contribution in [3.8, 4) is 0 Å². The van der Waals surface area contributed by atoms with Gasteiger partial charge in [0.1, 0.15) is 11.6 Å². The third-order valence-corrected chi connectivity index (χ3v) is 3.26. The number of nitrogens with zero attached hydrogens (tertiary/aromatic N) is 1. The normalized spacial score (nSPS) is 16.7. The molecule has 1 N–H and O–H groups in total. The number of rotatable bonds is 6. The van der Waals surface area contributed by atoms with E-state index in [4.69, 9.17) is 4.74 Å². The molecular formula is C14H20F2N2O. The molecule has 0 atom stereocenters. The van der Waals surface area contributed by atoms with E-state index >= 15 is 0 Å². The average Bonchev–Trinajstić information content (AvgIpc) is 2.42. The van der Waals surface area contributed by atoms with E-state index in [1.165, 1.54) is 12.1 Å². The van der Waals surface area contributed by atoms with Crippen molar-refractivity contribution in [2.45, 2.75) is 13.0 Å². The summed E-state index contributed by atoms with van der Waals surface area (Å²) in [5.74, 6) is -1.02. The summed E-state index contributed by atoms with van der Waals surface area (Å²) in [6.07, 6.45) is 1.02. The van der Waals surface area contributed by atoms with Gasteiger partial charge in [-0.25, -0.2) is 8.78 Å². The van der Waals surface area contributed by atoms with Crippen LogP contribution in [0, 0.1) is 11.6 Å². The highest BCUT2D eigenvalue weighted by molar-refractivity contribution is 5.18. The van der Waals surface area contributed by atoms with Crippen LogP contribution in [0.4, 0.5) is 8.78 Å². The fourth-order valence-corrected chi connectivity index (χ4v) is 2.14. The van der Waals surface area contributed by atoms with Crippen LogP contribution in [0.2, 0.25) is 0 Å². The summed E-state index contributed by atoms with van der Waals surface area (Å²) < 4.78 is 31.3. The number of benzene rings is 1. The summed E-state index contributed by atoms with van der Waals surface area (Å²) in [5, 5.41) is 3.18. The van der Waals surface area contributed by atoms with E-state index in [1.54, 1.807) is 0 Å². The van der Waals surface area contributed by atoms with E-state index in [0.717, 1.165) is 51.9 Å². The van der Waals surface area contributed by atoms with Crippen LogP contribution >= 0.6 is 0 Å². The molecule has 0 aromatic heterocycles. The Morgan fingerprint density at radius 3 is 2.74 bits per heavy atom. The van der Waals surface area contributed by atoms with Gasteiger partial charge in [-0.2, -0.15) is 0 Å². The molecule has 0 amide bonds. The molecule has 2 rings (SSSR count). The third-order valence-electron chi connectivity index (χ3n) is 3.26. The van der Waals surface area contributed by atoms with Gasteiger partial charge in [0.15, 0.2) is 0 Å². The van der Waals surface area contributed by atoms with E-state index in [0.29, 0.717) is 12.1 Å². The summed E-state index contributed by atoms with van der Waals surface area (Å²) in [7, 11) is 0. The Bertz CT molecular complexity index is 395. The van der Waals surface area contributed by atoms with Crippen LogP contribution in [-0.4, -0.2) is 44.3 Å². The first kappa shape index (κ1) is 14.4. The Labute approximate surface area is 112 Å². The second kappa shape index (κ2) is 7.53. The molecule has 1 aromatic carbocycles. The van der Waals surface area contributed by atoms with Gasteiger partial charge >= 0.3 is 0 Å². The molecule has 0 radical (unpaired) electrons. The molecule has 1 fully saturated rings. The molecule has 0 saturated carbocycles. The molecule has 0 spiro atoms. The van der Waals surface area contributed by atoms with Crippen molar-refractivity contribution in [1.29, 1.82) is 0 Å². The first-order chi connectivity index (χ1) is 9.25. The molecule has 0 aliphatic carbocycles. The SMILES string of the molecule is Fc1ccc(CNCCCN2CCOCC2)c(F)c1. The van der Waals surface area contributed by atoms with Crippen molar-refractivity contribution in [2.24, 2.45) is 0 Å². The monoisotopic (exact) mass is 270 g/mol. The van der Waals surface area contributed by atoms with Crippen LogP contribution in [0.1, 0.15) is 12.0 Å². The quantitative estimate of drug-likeness (QED) is 0.797. The highest BCUT2D eigenvalue weighted by atomic mass is 19.1. The molecule has 1 aliphatic rings. The van der Waals surface area contributed by atoms with Crippen LogP contribution in [0.25, 0.3) is 0 Å². The van der Waals surface area contributed by atoms with Crippen LogP contribution in [0.5, 0.6) is 0 Å². The Hall–Kier alpha value is -1.04. The zero-order valence-corrected chi connectivity index (χ0v) is 11.0. The molecule has 1 aliphatic heterocycles. The number of ether oxygens (including phenoxy) is 1. The molecule has 1 heterocycles. The van der Waals surface area contributed by atoms with Gasteiger partial charge in [-0.1, -0.05) is 6.07 Å². The molecular weight excluding hydrogens is 250 g/mol. The second-order valence-corrected chi connectivity index (χ2v) is 4.72. The van der Waals surface area contributed by atoms with Crippen molar-refractivity contribution in [2.75, 3.05) is 39.4 Å². The molecule has 1 aromatic rings. The number of nitrogens with one attached hydrogen (secondary N) is 1. The van der Waals surface area contributed by atoms with Crippen molar-refractivity contribution in [1.82, 2.24) is 10.2 Å². The Morgan fingerprint density at radius 2 is 2.00 bits per heavy atom. The predicted octanol–water partition coefficient (Wildman–Crippen LogP) is 1.78. The number of hydrogen-bond acceptors (Lipinski definition) is 3. The molecule has 1 saturated heterocycles. The van der Waals surface area contributed by atoms with E-state index in [1.807, 2.05) is 0 Å². The molecule has 3 nitrogen and oxygen atoms in total. The van der Waals surface area contributed by atoms with Crippen molar-refractivity contribution in [3.05, 3.63) is 35.4 Å². The van der Waals surface area contributed by atoms with E-state index < -0.39 is 11.6 Å². The molecule has 106 valence electrons. The molecule has 0 unspecified atom stereocenters. The Morgan fingerprint density at radius 1 is 1.21 bits per heavy atom. The molecule has 0 bridgehead atoms. The van der Waals surface area contributed by atoms with Gasteiger partial charge in [0.25, 0.3) is 0 Å². The highest BCUT2D eigenvalue weighted by Crippen LogP contribution is 2.08. The Balaban J connectivity index is 1.61. The average molecular weight is 270 g/mol. The largest absolute Gasteiger partial charge is 0.379 e. The number of hydrogen-bond donors (Lipinski definition) is 1. The minimum absolute atomic E-state index is 0.440. The highest BCUT2D eigenvalue weighted by Gasteiger charge is 2.09. The summed E-state index contributed by atoms with van der Waals surface area (Å²) in [6, 6.07) is 3.69. The summed E-state index contributed by atoms with van der Waals surface area (Å²) in [6.45, 7) is 5.91. The lowest BCUT2D eigenvalue weighted by Gasteiger charge is -2.26. The zero-order valence-electron chi connectivity index (χ0n) is 11.0. The third kappa shape index (κ3) is 4.86. The van der Waals surface area contributed by atoms with Crippen molar-refractivity contribution < 1.29 is 13.5 Å². The minimum Gasteiger partial charge on any atom is -0.379 e. The maximum Gasteiger partial charge on any atom is 0.130 e. The van der Waals surface area contributed by atoms with Crippen molar-refractivity contribution >= 4 is 0 Å². The minimum atomic E-state index is -0.534. The molecule has 5 heteroatoms. The van der Waals surface area contributed by atoms with E-state index in [9.17, 15) is 8.78 Å². The van der Waals surface area contributed by atoms with Gasteiger partial charge in [-0.3, -0.25) is 4.90 Å². The lowest BCUT2D eigenvalue weighted by Crippen LogP contribution is -2.37. The second-order valence-electron chi connectivity index (χ2n) is 4.72. The van der Waals surface area contributed by atoms with Gasteiger partial charge in [0.05, 0.1) is 13.2 Å². The van der Waals surface area contributed by atoms with Crippen LogP contribution < -0.4 is 5.32 Å². The first-order valence-corrected chi connectivity index (χ1v) is 6.70. The maximum absolute atomic E-state index is 13.3. The number of morpholine rings is 1. The Kier molecular flexibility index (Phi) is 5.69. The van der Waals surface area contributed by atoms with Gasteiger partial charge < -0.3 is 10.1 Å². The fourth-order valence-electron chi connectivity index (χ4n) is 2.14. The maximum atomic E-state index is 13.3. The van der Waals surface area contributed by atoms with Crippen LogP contribution in [0.3, 0.4) is 0 Å². The first-order valence-electron chi connectivity index (χ1n) is 6.70. The summed E-state index contributed by atoms with van der Waals surface area (Å²) in [4.78, 5) is 2.36. The van der Waals surface area contributed by atoms with E-state index in [-0.39, 0.29) is 0 Å². The zero-order chi connectivity index (χ0) is 13.5. The van der Waals surface area contributed by atoms with Gasteiger partial charge in [-0.15, -0.1) is 0 Å². The topological polar surface area (TPSA) is 24.5 Å².